The highest BCUT2D eigenvalue weighted by Gasteiger charge is 2.09. The van der Waals surface area contributed by atoms with Crippen LogP contribution in [0.4, 0.5) is 0 Å². The molecule has 0 unspecified atom stereocenters. The highest BCUT2D eigenvalue weighted by atomic mass is 35.5. The Morgan fingerprint density at radius 3 is 2.19 bits per heavy atom. The van der Waals surface area contributed by atoms with E-state index in [1.165, 1.54) is 76.2 Å². The van der Waals surface area contributed by atoms with Gasteiger partial charge in [-0.3, -0.25) is 4.79 Å². The SMILES string of the molecule is CCCCCCCCCCCCCCCC(=O)OCc1ccc2c(c1)C=CC(=CCl)CO2. The number of unbranched alkanes of at least 4 members (excludes halogenated alkanes) is 12. The minimum atomic E-state index is -0.109. The molecule has 0 fully saturated rings. The van der Waals surface area contributed by atoms with Crippen molar-refractivity contribution < 1.29 is 14.3 Å². The topological polar surface area (TPSA) is 35.5 Å². The van der Waals surface area contributed by atoms with Crippen LogP contribution in [0.1, 0.15) is 108 Å². The molecule has 178 valence electrons. The second-order valence-corrected chi connectivity index (χ2v) is 9.05. The van der Waals surface area contributed by atoms with Crippen LogP contribution in [0.25, 0.3) is 6.08 Å². The van der Waals surface area contributed by atoms with Crippen LogP contribution in [0.2, 0.25) is 0 Å². The first kappa shape index (κ1) is 26.5. The van der Waals surface area contributed by atoms with Crippen LogP contribution in [-0.2, 0) is 16.1 Å². The minimum Gasteiger partial charge on any atom is -0.488 e. The van der Waals surface area contributed by atoms with Crippen LogP contribution in [0, 0.1) is 0 Å². The first-order chi connectivity index (χ1) is 15.7. The van der Waals surface area contributed by atoms with Crippen LogP contribution < -0.4 is 4.74 Å². The van der Waals surface area contributed by atoms with E-state index in [0.29, 0.717) is 19.6 Å². The Bertz CT molecular complexity index is 723. The third kappa shape index (κ3) is 11.2. The number of hydrogen-bond donors (Lipinski definition) is 0. The molecule has 0 atom stereocenters. The molecule has 3 nitrogen and oxygen atoms in total. The lowest BCUT2D eigenvalue weighted by Gasteiger charge is -2.09. The fourth-order valence-corrected chi connectivity index (χ4v) is 4.08. The molecule has 0 radical (unpaired) electrons. The average Bonchev–Trinajstić information content (AvgIpc) is 3.02. The van der Waals surface area contributed by atoms with Crippen LogP contribution in [0.5, 0.6) is 5.75 Å². The Morgan fingerprint density at radius 1 is 0.938 bits per heavy atom. The van der Waals surface area contributed by atoms with Crippen molar-refractivity contribution in [2.45, 2.75) is 103 Å². The standard InChI is InChI=1S/C28H41ClO3/c1-2-3-4-5-6-7-8-9-10-11-12-13-14-15-28(30)32-22-24-17-19-27-26(20-24)18-16-25(21-29)23-31-27/h16-21H,2-15,22-23H2,1H3. The number of rotatable bonds is 16. The van der Waals surface area contributed by atoms with E-state index >= 15 is 0 Å². The number of fused-ring (bicyclic) bond motifs is 1. The molecule has 1 heterocycles. The number of benzene rings is 1. The number of hydrogen-bond acceptors (Lipinski definition) is 3. The summed E-state index contributed by atoms with van der Waals surface area (Å²) in [7, 11) is 0. The van der Waals surface area contributed by atoms with Crippen LogP contribution in [0.15, 0.2) is 35.4 Å². The van der Waals surface area contributed by atoms with Gasteiger partial charge in [-0.2, -0.15) is 0 Å². The quantitative estimate of drug-likeness (QED) is 0.182. The van der Waals surface area contributed by atoms with Gasteiger partial charge < -0.3 is 9.47 Å². The van der Waals surface area contributed by atoms with Gasteiger partial charge in [0.15, 0.2) is 0 Å². The van der Waals surface area contributed by atoms with Crippen LogP contribution in [0.3, 0.4) is 0 Å². The van der Waals surface area contributed by atoms with Crippen molar-refractivity contribution in [1.29, 1.82) is 0 Å². The fourth-order valence-electron chi connectivity index (χ4n) is 3.95. The summed E-state index contributed by atoms with van der Waals surface area (Å²) in [5, 5.41) is 0. The Kier molecular flexibility index (Phi) is 13.9. The van der Waals surface area contributed by atoms with Crippen LogP contribution in [-0.4, -0.2) is 12.6 Å². The smallest absolute Gasteiger partial charge is 0.306 e. The van der Waals surface area contributed by atoms with Crippen molar-refractivity contribution in [2.75, 3.05) is 6.61 Å². The highest BCUT2D eigenvalue weighted by molar-refractivity contribution is 6.25. The first-order valence-corrected chi connectivity index (χ1v) is 13.0. The van der Waals surface area contributed by atoms with Crippen LogP contribution >= 0.6 is 11.6 Å². The average molecular weight is 461 g/mol. The maximum atomic E-state index is 12.1. The van der Waals surface area contributed by atoms with Gasteiger partial charge >= 0.3 is 5.97 Å². The molecule has 0 spiro atoms. The molecular formula is C28H41ClO3. The molecule has 1 aromatic carbocycles. The Hall–Kier alpha value is -1.74. The lowest BCUT2D eigenvalue weighted by atomic mass is 10.0. The summed E-state index contributed by atoms with van der Waals surface area (Å²) in [4.78, 5) is 12.1. The summed E-state index contributed by atoms with van der Waals surface area (Å²) < 4.78 is 11.2. The van der Waals surface area contributed by atoms with Gasteiger partial charge in [-0.1, -0.05) is 114 Å². The van der Waals surface area contributed by atoms with E-state index in [2.05, 4.69) is 6.92 Å². The molecule has 0 aliphatic carbocycles. The summed E-state index contributed by atoms with van der Waals surface area (Å²) in [6.07, 6.45) is 21.4. The summed E-state index contributed by atoms with van der Waals surface area (Å²) in [5.74, 6) is 0.707. The number of ether oxygens (including phenoxy) is 2. The molecule has 32 heavy (non-hydrogen) atoms. The zero-order valence-corrected chi connectivity index (χ0v) is 20.6. The van der Waals surface area contributed by atoms with Gasteiger partial charge in [0.25, 0.3) is 0 Å². The molecule has 4 heteroatoms. The second kappa shape index (κ2) is 16.8. The molecule has 0 N–H and O–H groups in total. The summed E-state index contributed by atoms with van der Waals surface area (Å²) in [5.41, 5.74) is 4.40. The Morgan fingerprint density at radius 2 is 1.56 bits per heavy atom. The lowest BCUT2D eigenvalue weighted by Crippen LogP contribution is -2.05. The predicted octanol–water partition coefficient (Wildman–Crippen LogP) is 8.74. The van der Waals surface area contributed by atoms with Gasteiger partial charge in [-0.25, -0.2) is 0 Å². The maximum Gasteiger partial charge on any atom is 0.306 e. The monoisotopic (exact) mass is 460 g/mol. The molecule has 0 aromatic heterocycles. The van der Waals surface area contributed by atoms with E-state index in [-0.39, 0.29) is 5.97 Å². The minimum absolute atomic E-state index is 0.109. The number of esters is 1. The third-order valence-electron chi connectivity index (χ3n) is 5.97. The molecule has 0 saturated carbocycles. The Labute approximate surface area is 200 Å². The molecule has 0 bridgehead atoms. The molecular weight excluding hydrogens is 420 g/mol. The zero-order valence-electron chi connectivity index (χ0n) is 19.9. The number of carbonyl (C=O) groups excluding carboxylic acids is 1. The number of halogens is 1. The van der Waals surface area contributed by atoms with Gasteiger partial charge in [0.05, 0.1) is 0 Å². The Balaban J connectivity index is 1.49. The summed E-state index contributed by atoms with van der Waals surface area (Å²) >= 11 is 5.77. The highest BCUT2D eigenvalue weighted by Crippen LogP contribution is 2.26. The summed E-state index contributed by atoms with van der Waals surface area (Å²) in [6.45, 7) is 3.03. The van der Waals surface area contributed by atoms with E-state index in [1.54, 1.807) is 0 Å². The van der Waals surface area contributed by atoms with Crippen molar-refractivity contribution in [3.8, 4) is 5.75 Å². The zero-order chi connectivity index (χ0) is 22.9. The van der Waals surface area contributed by atoms with Gasteiger partial charge in [0.2, 0.25) is 0 Å². The summed E-state index contributed by atoms with van der Waals surface area (Å²) in [6, 6.07) is 5.87. The molecule has 1 aromatic rings. The number of carbonyl (C=O) groups is 1. The molecule has 2 rings (SSSR count). The van der Waals surface area contributed by atoms with E-state index < -0.39 is 0 Å². The van der Waals surface area contributed by atoms with Crippen molar-refractivity contribution in [2.24, 2.45) is 0 Å². The van der Waals surface area contributed by atoms with Gasteiger partial charge in [0.1, 0.15) is 19.0 Å². The van der Waals surface area contributed by atoms with Crippen molar-refractivity contribution in [1.82, 2.24) is 0 Å². The molecule has 1 aliphatic rings. The molecule has 1 aliphatic heterocycles. The molecule has 0 amide bonds. The largest absolute Gasteiger partial charge is 0.488 e. The first-order valence-electron chi connectivity index (χ1n) is 12.6. The van der Waals surface area contributed by atoms with Gasteiger partial charge in [0, 0.05) is 23.1 Å². The lowest BCUT2D eigenvalue weighted by molar-refractivity contribution is -0.145. The van der Waals surface area contributed by atoms with E-state index in [1.807, 2.05) is 30.4 Å². The van der Waals surface area contributed by atoms with E-state index in [0.717, 1.165) is 35.3 Å². The van der Waals surface area contributed by atoms with Crippen molar-refractivity contribution in [3.05, 3.63) is 46.5 Å². The van der Waals surface area contributed by atoms with Gasteiger partial charge in [-0.05, 0) is 24.1 Å². The fraction of sp³-hybridized carbons (Fsp3) is 0.607. The normalized spacial score (nSPS) is 14.1. The van der Waals surface area contributed by atoms with E-state index in [4.69, 9.17) is 21.1 Å². The van der Waals surface area contributed by atoms with Gasteiger partial charge in [-0.15, -0.1) is 0 Å². The second-order valence-electron chi connectivity index (χ2n) is 8.83. The third-order valence-corrected chi connectivity index (χ3v) is 6.25. The maximum absolute atomic E-state index is 12.1. The predicted molar refractivity (Wildman–Crippen MR) is 135 cm³/mol. The molecule has 0 saturated heterocycles. The van der Waals surface area contributed by atoms with Crippen molar-refractivity contribution in [3.63, 3.8) is 0 Å². The van der Waals surface area contributed by atoms with E-state index in [9.17, 15) is 4.79 Å². The van der Waals surface area contributed by atoms with Crippen molar-refractivity contribution >= 4 is 23.6 Å².